The van der Waals surface area contributed by atoms with E-state index in [0.717, 1.165) is 5.56 Å². The maximum Gasteiger partial charge on any atom is 0.126 e. The zero-order valence-corrected chi connectivity index (χ0v) is 8.42. The number of benzene rings is 1. The summed E-state index contributed by atoms with van der Waals surface area (Å²) >= 11 is 0. The average Bonchev–Trinajstić information content (AvgIpc) is 2.12. The molecule has 0 saturated heterocycles. The van der Waals surface area contributed by atoms with Crippen molar-refractivity contribution in [1.82, 2.24) is 4.90 Å². The van der Waals surface area contributed by atoms with Crippen LogP contribution in [0, 0.1) is 24.1 Å². The highest BCUT2D eigenvalue weighted by atomic mass is 19.1. The summed E-state index contributed by atoms with van der Waals surface area (Å²) in [7, 11) is 1.86. The van der Waals surface area contributed by atoms with E-state index in [1.54, 1.807) is 13.0 Å². The molecule has 0 aliphatic carbocycles. The summed E-state index contributed by atoms with van der Waals surface area (Å²) in [4.78, 5) is 1.88. The van der Waals surface area contributed by atoms with E-state index in [1.165, 1.54) is 6.07 Å². The molecule has 0 saturated carbocycles. The predicted molar refractivity (Wildman–Crippen MR) is 53.1 cm³/mol. The number of hydrogen-bond acceptors (Lipinski definition) is 2. The van der Waals surface area contributed by atoms with Gasteiger partial charge < -0.3 is 0 Å². The number of rotatable bonds is 3. The first-order valence-corrected chi connectivity index (χ1v) is 4.44. The Morgan fingerprint density at radius 2 is 2.21 bits per heavy atom. The van der Waals surface area contributed by atoms with Gasteiger partial charge >= 0.3 is 0 Å². The molecule has 0 heterocycles. The van der Waals surface area contributed by atoms with Crippen LogP contribution in [0.2, 0.25) is 0 Å². The molecule has 0 unspecified atom stereocenters. The Bertz CT molecular complexity index is 355. The predicted octanol–water partition coefficient (Wildman–Crippen LogP) is 2.09. The molecule has 1 aromatic carbocycles. The van der Waals surface area contributed by atoms with Gasteiger partial charge in [-0.1, -0.05) is 12.1 Å². The number of halogens is 1. The topological polar surface area (TPSA) is 27.0 Å². The molecule has 0 aliphatic rings. The molecule has 0 N–H and O–H groups in total. The average molecular weight is 192 g/mol. The van der Waals surface area contributed by atoms with E-state index in [2.05, 4.69) is 6.07 Å². The third-order valence-electron chi connectivity index (χ3n) is 2.02. The third-order valence-corrected chi connectivity index (χ3v) is 2.02. The van der Waals surface area contributed by atoms with E-state index in [9.17, 15) is 4.39 Å². The SMILES string of the molecule is Cc1cc(CN(C)CC#N)ccc1F. The smallest absolute Gasteiger partial charge is 0.126 e. The summed E-state index contributed by atoms with van der Waals surface area (Å²) in [5.74, 6) is -0.184. The van der Waals surface area contributed by atoms with Crippen LogP contribution in [0.4, 0.5) is 4.39 Å². The lowest BCUT2D eigenvalue weighted by Gasteiger charge is -2.12. The molecular formula is C11H13FN2. The highest BCUT2D eigenvalue weighted by molar-refractivity contribution is 5.23. The Labute approximate surface area is 83.6 Å². The minimum Gasteiger partial charge on any atom is -0.289 e. The maximum atomic E-state index is 12.9. The Kier molecular flexibility index (Phi) is 3.61. The second-order valence-corrected chi connectivity index (χ2v) is 3.41. The molecule has 0 bridgehead atoms. The van der Waals surface area contributed by atoms with Crippen LogP contribution in [0.3, 0.4) is 0 Å². The molecule has 0 aliphatic heterocycles. The van der Waals surface area contributed by atoms with Gasteiger partial charge in [0.05, 0.1) is 12.6 Å². The highest BCUT2D eigenvalue weighted by Crippen LogP contribution is 2.10. The van der Waals surface area contributed by atoms with Crippen LogP contribution in [-0.4, -0.2) is 18.5 Å². The fraction of sp³-hybridized carbons (Fsp3) is 0.364. The van der Waals surface area contributed by atoms with Crippen LogP contribution in [0.5, 0.6) is 0 Å². The van der Waals surface area contributed by atoms with Crippen molar-refractivity contribution < 1.29 is 4.39 Å². The Morgan fingerprint density at radius 3 is 2.79 bits per heavy atom. The Hall–Kier alpha value is -1.40. The van der Waals surface area contributed by atoms with Gasteiger partial charge in [-0.3, -0.25) is 4.90 Å². The summed E-state index contributed by atoms with van der Waals surface area (Å²) < 4.78 is 12.9. The summed E-state index contributed by atoms with van der Waals surface area (Å²) in [6.45, 7) is 2.80. The standard InChI is InChI=1S/C11H13FN2/c1-9-7-10(3-4-11(9)12)8-14(2)6-5-13/h3-4,7H,6,8H2,1-2H3. The third kappa shape index (κ3) is 2.82. The molecule has 0 spiro atoms. The molecule has 1 aromatic rings. The Morgan fingerprint density at radius 1 is 1.50 bits per heavy atom. The number of nitrogens with zero attached hydrogens (tertiary/aromatic N) is 2. The second-order valence-electron chi connectivity index (χ2n) is 3.41. The molecule has 2 nitrogen and oxygen atoms in total. The lowest BCUT2D eigenvalue weighted by molar-refractivity contribution is 0.367. The molecule has 0 fully saturated rings. The van der Waals surface area contributed by atoms with Gasteiger partial charge in [-0.25, -0.2) is 4.39 Å². The van der Waals surface area contributed by atoms with Crippen molar-refractivity contribution in [2.45, 2.75) is 13.5 Å². The first-order chi connectivity index (χ1) is 6.63. The van der Waals surface area contributed by atoms with Crippen LogP contribution >= 0.6 is 0 Å². The molecule has 0 atom stereocenters. The van der Waals surface area contributed by atoms with E-state index in [0.29, 0.717) is 18.7 Å². The van der Waals surface area contributed by atoms with Crippen LogP contribution in [0.25, 0.3) is 0 Å². The van der Waals surface area contributed by atoms with Crippen molar-refractivity contribution in [3.63, 3.8) is 0 Å². The van der Waals surface area contributed by atoms with E-state index >= 15 is 0 Å². The molecule has 0 amide bonds. The Balaban J connectivity index is 2.69. The minimum atomic E-state index is -0.184. The van der Waals surface area contributed by atoms with Crippen molar-refractivity contribution in [3.8, 4) is 6.07 Å². The monoisotopic (exact) mass is 192 g/mol. The van der Waals surface area contributed by atoms with E-state index in [1.807, 2.05) is 18.0 Å². The van der Waals surface area contributed by atoms with Crippen molar-refractivity contribution in [2.75, 3.05) is 13.6 Å². The van der Waals surface area contributed by atoms with Gasteiger partial charge in [0.2, 0.25) is 0 Å². The number of hydrogen-bond donors (Lipinski definition) is 0. The molecule has 0 aromatic heterocycles. The van der Waals surface area contributed by atoms with Gasteiger partial charge in [-0.15, -0.1) is 0 Å². The molecule has 74 valence electrons. The van der Waals surface area contributed by atoms with Crippen LogP contribution in [0.15, 0.2) is 18.2 Å². The summed E-state index contributed by atoms with van der Waals surface area (Å²) in [6, 6.07) is 7.08. The van der Waals surface area contributed by atoms with Crippen LogP contribution in [-0.2, 0) is 6.54 Å². The molecule has 0 radical (unpaired) electrons. The van der Waals surface area contributed by atoms with Crippen LogP contribution in [0.1, 0.15) is 11.1 Å². The maximum absolute atomic E-state index is 12.9. The fourth-order valence-electron chi connectivity index (χ4n) is 1.29. The zero-order chi connectivity index (χ0) is 10.6. The van der Waals surface area contributed by atoms with Crippen molar-refractivity contribution in [2.24, 2.45) is 0 Å². The molecule has 3 heteroatoms. The lowest BCUT2D eigenvalue weighted by Crippen LogP contribution is -2.17. The fourth-order valence-corrected chi connectivity index (χ4v) is 1.29. The van der Waals surface area contributed by atoms with Gasteiger partial charge in [-0.2, -0.15) is 5.26 Å². The van der Waals surface area contributed by atoms with Gasteiger partial charge in [-0.05, 0) is 31.2 Å². The summed E-state index contributed by atoms with van der Waals surface area (Å²) in [5.41, 5.74) is 1.68. The van der Waals surface area contributed by atoms with Crippen molar-refractivity contribution in [3.05, 3.63) is 35.1 Å². The normalized spacial score (nSPS) is 10.2. The number of aryl methyl sites for hydroxylation is 1. The second kappa shape index (κ2) is 4.73. The lowest BCUT2D eigenvalue weighted by atomic mass is 10.1. The van der Waals surface area contributed by atoms with Gasteiger partial charge in [0.1, 0.15) is 5.82 Å². The quantitative estimate of drug-likeness (QED) is 0.686. The molecule has 14 heavy (non-hydrogen) atoms. The largest absolute Gasteiger partial charge is 0.289 e. The highest BCUT2D eigenvalue weighted by Gasteiger charge is 2.02. The molecule has 1 rings (SSSR count). The van der Waals surface area contributed by atoms with E-state index < -0.39 is 0 Å². The molecular weight excluding hydrogens is 179 g/mol. The van der Waals surface area contributed by atoms with Crippen molar-refractivity contribution >= 4 is 0 Å². The minimum absolute atomic E-state index is 0.184. The van der Waals surface area contributed by atoms with Crippen LogP contribution < -0.4 is 0 Å². The first-order valence-electron chi connectivity index (χ1n) is 4.44. The zero-order valence-electron chi connectivity index (χ0n) is 8.42. The van der Waals surface area contributed by atoms with Crippen molar-refractivity contribution in [1.29, 1.82) is 5.26 Å². The van der Waals surface area contributed by atoms with Gasteiger partial charge in [0.15, 0.2) is 0 Å². The van der Waals surface area contributed by atoms with Gasteiger partial charge in [0.25, 0.3) is 0 Å². The summed E-state index contributed by atoms with van der Waals surface area (Å²) in [6.07, 6.45) is 0. The summed E-state index contributed by atoms with van der Waals surface area (Å²) in [5, 5.41) is 8.46. The number of nitriles is 1. The van der Waals surface area contributed by atoms with Gasteiger partial charge in [0, 0.05) is 6.54 Å². The van der Waals surface area contributed by atoms with E-state index in [-0.39, 0.29) is 5.82 Å². The van der Waals surface area contributed by atoms with E-state index in [4.69, 9.17) is 5.26 Å². The first kappa shape index (κ1) is 10.7.